The van der Waals surface area contributed by atoms with Gasteiger partial charge in [0.15, 0.2) is 0 Å². The summed E-state index contributed by atoms with van der Waals surface area (Å²) in [5, 5.41) is 11.1. The number of unbranched alkanes of at least 4 members (excludes halogenated alkanes) is 7. The third-order valence-corrected chi connectivity index (χ3v) is 7.92. The van der Waals surface area contributed by atoms with Crippen LogP contribution < -0.4 is 5.32 Å². The van der Waals surface area contributed by atoms with Gasteiger partial charge in [-0.15, -0.1) is 0 Å². The largest absolute Gasteiger partial charge is 0.480 e. The molecule has 0 aliphatic heterocycles. The van der Waals surface area contributed by atoms with Crippen molar-refractivity contribution in [2.75, 3.05) is 6.54 Å². The Bertz CT molecular complexity index is 1150. The summed E-state index contributed by atoms with van der Waals surface area (Å²) in [4.78, 5) is 34.9. The van der Waals surface area contributed by atoms with Gasteiger partial charge in [0.05, 0.1) is 0 Å². The summed E-state index contributed by atoms with van der Waals surface area (Å²) in [7, 11) is 0. The van der Waals surface area contributed by atoms with Crippen LogP contribution in [0.4, 0.5) is 0 Å². The molecule has 0 fully saturated rings. The van der Waals surface area contributed by atoms with E-state index in [1.54, 1.807) is 0 Å². The van der Waals surface area contributed by atoms with Crippen LogP contribution in [-0.4, -0.2) is 35.6 Å². The molecule has 1 unspecified atom stereocenters. The molecular formula is C46H71NO5. The first kappa shape index (κ1) is 48.1. The minimum Gasteiger partial charge on any atom is -0.480 e. The monoisotopic (exact) mass is 718 g/mol. The number of carbonyl (C=O) groups is 3. The van der Waals surface area contributed by atoms with E-state index in [0.29, 0.717) is 19.3 Å². The normalized spacial score (nSPS) is 13.3. The number of rotatable bonds is 34. The van der Waals surface area contributed by atoms with Crippen molar-refractivity contribution in [3.05, 3.63) is 109 Å². The van der Waals surface area contributed by atoms with E-state index in [-0.39, 0.29) is 24.5 Å². The van der Waals surface area contributed by atoms with Crippen LogP contribution in [0.15, 0.2) is 109 Å². The van der Waals surface area contributed by atoms with E-state index < -0.39 is 5.97 Å². The van der Waals surface area contributed by atoms with Crippen molar-refractivity contribution in [1.29, 1.82) is 0 Å². The molecule has 0 radical (unpaired) electrons. The summed E-state index contributed by atoms with van der Waals surface area (Å²) in [5.74, 6) is -1.41. The molecule has 0 spiro atoms. The smallest absolute Gasteiger partial charge is 0.322 e. The fraction of sp³-hybridized carbons (Fsp3) is 0.543. The van der Waals surface area contributed by atoms with Crippen LogP contribution in [0, 0.1) is 0 Å². The third-order valence-electron chi connectivity index (χ3n) is 7.92. The van der Waals surface area contributed by atoms with Crippen LogP contribution in [0.5, 0.6) is 0 Å². The van der Waals surface area contributed by atoms with Gasteiger partial charge in [-0.05, 0) is 102 Å². The van der Waals surface area contributed by atoms with Crippen LogP contribution in [0.1, 0.15) is 149 Å². The highest BCUT2D eigenvalue weighted by molar-refractivity contribution is 5.80. The first-order valence-corrected chi connectivity index (χ1v) is 20.0. The Balaban J connectivity index is 4.18. The van der Waals surface area contributed by atoms with Gasteiger partial charge in [0.1, 0.15) is 12.6 Å². The number of aliphatic carboxylic acids is 1. The molecule has 6 heteroatoms. The summed E-state index contributed by atoms with van der Waals surface area (Å²) in [6, 6.07) is 0. The Morgan fingerprint density at radius 2 is 0.942 bits per heavy atom. The molecule has 52 heavy (non-hydrogen) atoms. The standard InChI is InChI=1S/C46H71NO5/c1-3-5-7-9-11-13-14-15-16-17-18-19-20-21-22-23-24-25-26-27-29-31-37-41-46(51)52-43(38-34-30-28-12-10-8-6-4-2)39-35-32-33-36-40-44(48)47-42-45(49)50/h5-8,11-13,15-16,18-19,21-22,24-25,28,34,38,43H,3-4,9-10,14,17,20,23,26-27,29-33,35-37,39-42H2,1-2H3,(H,47,48)(H,49,50)/b7-5-,8-6-,13-11-,16-15-,19-18-,22-21-,25-24-,28-12-,38-34-. The van der Waals surface area contributed by atoms with E-state index in [9.17, 15) is 14.4 Å². The topological polar surface area (TPSA) is 92.7 Å². The quantitative estimate of drug-likeness (QED) is 0.0393. The fourth-order valence-corrected chi connectivity index (χ4v) is 5.04. The molecule has 0 heterocycles. The first-order chi connectivity index (χ1) is 25.5. The molecule has 0 aliphatic rings. The molecule has 0 saturated carbocycles. The van der Waals surface area contributed by atoms with Crippen LogP contribution in [0.25, 0.3) is 0 Å². The summed E-state index contributed by atoms with van der Waals surface area (Å²) in [5.41, 5.74) is 0. The lowest BCUT2D eigenvalue weighted by molar-refractivity contribution is -0.147. The molecule has 0 aromatic carbocycles. The zero-order valence-electron chi connectivity index (χ0n) is 32.6. The van der Waals surface area contributed by atoms with Gasteiger partial charge in [0.2, 0.25) is 5.91 Å². The average Bonchev–Trinajstić information content (AvgIpc) is 3.13. The highest BCUT2D eigenvalue weighted by Gasteiger charge is 2.11. The number of hydrogen-bond donors (Lipinski definition) is 2. The molecule has 290 valence electrons. The molecule has 0 aliphatic carbocycles. The van der Waals surface area contributed by atoms with E-state index in [1.807, 2.05) is 6.08 Å². The van der Waals surface area contributed by atoms with E-state index in [2.05, 4.69) is 122 Å². The number of allylic oxidation sites excluding steroid dienone is 17. The Hall–Kier alpha value is -3.93. The maximum Gasteiger partial charge on any atom is 0.322 e. The molecule has 0 aromatic heterocycles. The Kier molecular flexibility index (Phi) is 36.8. The third kappa shape index (κ3) is 38.9. The minimum absolute atomic E-state index is 0.137. The van der Waals surface area contributed by atoms with Gasteiger partial charge in [-0.2, -0.15) is 0 Å². The maximum absolute atomic E-state index is 12.6. The van der Waals surface area contributed by atoms with Crippen LogP contribution in [0.3, 0.4) is 0 Å². The molecule has 1 amide bonds. The van der Waals surface area contributed by atoms with Gasteiger partial charge in [-0.3, -0.25) is 14.4 Å². The number of carboxylic acid groups (broad SMARTS) is 1. The molecule has 0 aromatic rings. The van der Waals surface area contributed by atoms with Gasteiger partial charge in [0.25, 0.3) is 0 Å². The van der Waals surface area contributed by atoms with Crippen molar-refractivity contribution < 1.29 is 24.2 Å². The molecular weight excluding hydrogens is 647 g/mol. The SMILES string of the molecule is CC/C=C\C/C=C\C/C=C\C/C=C\C/C=C\C/C=C\CCCCCCC(=O)OC(/C=C\C/C=C\C/C=C\CC)CCCCCCC(=O)NCC(=O)O. The number of amides is 1. The second kappa shape index (κ2) is 39.8. The van der Waals surface area contributed by atoms with E-state index in [1.165, 1.54) is 0 Å². The molecule has 0 bridgehead atoms. The average molecular weight is 718 g/mol. The first-order valence-electron chi connectivity index (χ1n) is 20.0. The van der Waals surface area contributed by atoms with Crippen molar-refractivity contribution in [3.63, 3.8) is 0 Å². The zero-order valence-corrected chi connectivity index (χ0v) is 32.6. The molecule has 0 rings (SSSR count). The number of carboxylic acids is 1. The highest BCUT2D eigenvalue weighted by atomic mass is 16.5. The maximum atomic E-state index is 12.6. The van der Waals surface area contributed by atoms with E-state index in [4.69, 9.17) is 9.84 Å². The van der Waals surface area contributed by atoms with E-state index in [0.717, 1.165) is 116 Å². The molecule has 2 N–H and O–H groups in total. The number of nitrogens with one attached hydrogen (secondary N) is 1. The lowest BCUT2D eigenvalue weighted by Gasteiger charge is -2.14. The molecule has 1 atom stereocenters. The second-order valence-electron chi connectivity index (χ2n) is 12.8. The van der Waals surface area contributed by atoms with Gasteiger partial charge in [-0.1, -0.05) is 143 Å². The number of carbonyl (C=O) groups excluding carboxylic acids is 2. The number of ether oxygens (including phenoxy) is 1. The lowest BCUT2D eigenvalue weighted by Crippen LogP contribution is -2.28. The van der Waals surface area contributed by atoms with Gasteiger partial charge in [0, 0.05) is 12.8 Å². The summed E-state index contributed by atoms with van der Waals surface area (Å²) in [6.45, 7) is 3.94. The van der Waals surface area contributed by atoms with Crippen LogP contribution >= 0.6 is 0 Å². The van der Waals surface area contributed by atoms with Crippen molar-refractivity contribution in [2.24, 2.45) is 0 Å². The lowest BCUT2D eigenvalue weighted by atomic mass is 10.1. The van der Waals surface area contributed by atoms with Gasteiger partial charge < -0.3 is 15.2 Å². The fourth-order valence-electron chi connectivity index (χ4n) is 5.04. The van der Waals surface area contributed by atoms with Crippen molar-refractivity contribution in [1.82, 2.24) is 5.32 Å². The Labute approximate surface area is 317 Å². The van der Waals surface area contributed by atoms with Crippen LogP contribution in [-0.2, 0) is 19.1 Å². The predicted molar refractivity (Wildman–Crippen MR) is 221 cm³/mol. The Morgan fingerprint density at radius 1 is 0.519 bits per heavy atom. The highest BCUT2D eigenvalue weighted by Crippen LogP contribution is 2.14. The van der Waals surface area contributed by atoms with Crippen molar-refractivity contribution in [3.8, 4) is 0 Å². The number of hydrogen-bond acceptors (Lipinski definition) is 4. The summed E-state index contributed by atoms with van der Waals surface area (Å²) >= 11 is 0. The van der Waals surface area contributed by atoms with Crippen molar-refractivity contribution in [2.45, 2.75) is 155 Å². The molecule has 0 saturated heterocycles. The second-order valence-corrected chi connectivity index (χ2v) is 12.8. The minimum atomic E-state index is -1.04. The predicted octanol–water partition coefficient (Wildman–Crippen LogP) is 12.3. The molecule has 6 nitrogen and oxygen atoms in total. The van der Waals surface area contributed by atoms with Gasteiger partial charge in [-0.25, -0.2) is 0 Å². The zero-order chi connectivity index (χ0) is 38.0. The van der Waals surface area contributed by atoms with Crippen molar-refractivity contribution >= 4 is 17.8 Å². The summed E-state index contributed by atoms with van der Waals surface area (Å²) < 4.78 is 5.85. The van der Waals surface area contributed by atoms with E-state index >= 15 is 0 Å². The van der Waals surface area contributed by atoms with Crippen LogP contribution in [0.2, 0.25) is 0 Å². The summed E-state index contributed by atoms with van der Waals surface area (Å²) in [6.07, 6.45) is 58.0. The Morgan fingerprint density at radius 3 is 1.44 bits per heavy atom. The number of esters is 1. The van der Waals surface area contributed by atoms with Gasteiger partial charge >= 0.3 is 11.9 Å².